The lowest BCUT2D eigenvalue weighted by molar-refractivity contribution is -0.145. The maximum absolute atomic E-state index is 11.6. The van der Waals surface area contributed by atoms with Gasteiger partial charge in [0.25, 0.3) is 0 Å². The van der Waals surface area contributed by atoms with E-state index in [1.807, 2.05) is 26.0 Å². The maximum atomic E-state index is 11.6. The van der Waals surface area contributed by atoms with E-state index in [0.29, 0.717) is 6.54 Å². The second-order valence-corrected chi connectivity index (χ2v) is 4.64. The molecule has 90 valence electrons. The highest BCUT2D eigenvalue weighted by Gasteiger charge is 2.19. The fraction of sp³-hybridized carbons (Fsp3) is 0.429. The zero-order chi connectivity index (χ0) is 12.4. The average molecular weight is 231 g/mol. The van der Waals surface area contributed by atoms with Gasteiger partial charge in [0.05, 0.1) is 24.8 Å². The first-order chi connectivity index (χ1) is 8.06. The van der Waals surface area contributed by atoms with Gasteiger partial charge in [-0.15, -0.1) is 0 Å². The van der Waals surface area contributed by atoms with Crippen molar-refractivity contribution in [3.8, 4) is 0 Å². The van der Waals surface area contributed by atoms with Crippen molar-refractivity contribution in [2.75, 3.05) is 0 Å². The van der Waals surface area contributed by atoms with Crippen molar-refractivity contribution in [3.05, 3.63) is 34.9 Å². The molecule has 0 amide bonds. The van der Waals surface area contributed by atoms with Crippen molar-refractivity contribution in [2.24, 2.45) is 4.99 Å². The van der Waals surface area contributed by atoms with Gasteiger partial charge in [0.15, 0.2) is 0 Å². The van der Waals surface area contributed by atoms with Crippen LogP contribution in [0.3, 0.4) is 0 Å². The molecule has 1 heterocycles. The van der Waals surface area contributed by atoms with E-state index in [4.69, 9.17) is 4.74 Å². The van der Waals surface area contributed by atoms with Crippen LogP contribution in [0.4, 0.5) is 0 Å². The number of esters is 1. The molecule has 0 spiro atoms. The van der Waals surface area contributed by atoms with E-state index in [2.05, 4.69) is 18.0 Å². The van der Waals surface area contributed by atoms with Gasteiger partial charge in [0.1, 0.15) is 0 Å². The van der Waals surface area contributed by atoms with Gasteiger partial charge in [-0.3, -0.25) is 9.79 Å². The molecule has 1 aromatic carbocycles. The molecule has 3 heteroatoms. The maximum Gasteiger partial charge on any atom is 0.312 e. The molecule has 0 bridgehead atoms. The number of ether oxygens (including phenoxy) is 1. The van der Waals surface area contributed by atoms with Crippen LogP contribution in [0.2, 0.25) is 0 Å². The molecular formula is C14H17NO2. The van der Waals surface area contributed by atoms with Gasteiger partial charge in [0, 0.05) is 5.56 Å². The van der Waals surface area contributed by atoms with E-state index in [-0.39, 0.29) is 18.5 Å². The Morgan fingerprint density at radius 2 is 2.24 bits per heavy atom. The van der Waals surface area contributed by atoms with Gasteiger partial charge in [-0.25, -0.2) is 0 Å². The summed E-state index contributed by atoms with van der Waals surface area (Å²) in [4.78, 5) is 16.0. The molecule has 0 aromatic heterocycles. The lowest BCUT2D eigenvalue weighted by atomic mass is 10.0. The summed E-state index contributed by atoms with van der Waals surface area (Å²) in [6, 6.07) is 6.21. The van der Waals surface area contributed by atoms with Gasteiger partial charge in [0.2, 0.25) is 0 Å². The Bertz CT molecular complexity index is 475. The fourth-order valence-corrected chi connectivity index (χ4v) is 1.99. The Labute approximate surface area is 102 Å². The smallest absolute Gasteiger partial charge is 0.312 e. The summed E-state index contributed by atoms with van der Waals surface area (Å²) in [6.45, 7) is 6.45. The van der Waals surface area contributed by atoms with Gasteiger partial charge >= 0.3 is 5.97 Å². The van der Waals surface area contributed by atoms with Crippen LogP contribution in [0.15, 0.2) is 23.2 Å². The molecule has 0 N–H and O–H groups in total. The third-order valence-electron chi connectivity index (χ3n) is 2.69. The minimum atomic E-state index is -0.202. The SMILES string of the molecule is Cc1ccc2c(c1)CN=C2CC(=O)OC(C)C. The number of rotatable bonds is 3. The predicted octanol–water partition coefficient (Wildman–Crippen LogP) is 2.64. The van der Waals surface area contributed by atoms with E-state index in [0.717, 1.165) is 11.3 Å². The largest absolute Gasteiger partial charge is 0.463 e. The van der Waals surface area contributed by atoms with Gasteiger partial charge in [-0.05, 0) is 26.3 Å². The van der Waals surface area contributed by atoms with Gasteiger partial charge in [-0.2, -0.15) is 0 Å². The topological polar surface area (TPSA) is 38.7 Å². The van der Waals surface area contributed by atoms with Crippen LogP contribution >= 0.6 is 0 Å². The highest BCUT2D eigenvalue weighted by Crippen LogP contribution is 2.22. The first kappa shape index (κ1) is 11.8. The Morgan fingerprint density at radius 1 is 1.47 bits per heavy atom. The molecule has 1 aliphatic heterocycles. The van der Waals surface area contributed by atoms with E-state index in [9.17, 15) is 4.79 Å². The summed E-state index contributed by atoms with van der Waals surface area (Å²) in [5.74, 6) is -0.202. The Morgan fingerprint density at radius 3 is 2.94 bits per heavy atom. The summed E-state index contributed by atoms with van der Waals surface area (Å²) < 4.78 is 5.13. The molecule has 0 aliphatic carbocycles. The van der Waals surface area contributed by atoms with Gasteiger partial charge < -0.3 is 4.74 Å². The lowest BCUT2D eigenvalue weighted by Crippen LogP contribution is -2.15. The van der Waals surface area contributed by atoms with E-state index < -0.39 is 0 Å². The minimum Gasteiger partial charge on any atom is -0.463 e. The van der Waals surface area contributed by atoms with E-state index >= 15 is 0 Å². The Balaban J connectivity index is 2.09. The molecule has 0 fully saturated rings. The standard InChI is InChI=1S/C14H17NO2/c1-9(2)17-14(16)7-13-12-5-4-10(3)6-11(12)8-15-13/h4-6,9H,7-8H2,1-3H3. The van der Waals surface area contributed by atoms with Crippen molar-refractivity contribution in [2.45, 2.75) is 39.8 Å². The molecule has 1 aromatic rings. The third-order valence-corrected chi connectivity index (χ3v) is 2.69. The van der Waals surface area contributed by atoms with Crippen LogP contribution in [-0.4, -0.2) is 17.8 Å². The predicted molar refractivity (Wildman–Crippen MR) is 67.3 cm³/mol. The molecule has 2 rings (SSSR count). The highest BCUT2D eigenvalue weighted by molar-refractivity contribution is 6.11. The van der Waals surface area contributed by atoms with Crippen LogP contribution in [0.5, 0.6) is 0 Å². The van der Waals surface area contributed by atoms with E-state index in [1.54, 1.807) is 0 Å². The van der Waals surface area contributed by atoms with Crippen molar-refractivity contribution in [3.63, 3.8) is 0 Å². The molecular weight excluding hydrogens is 214 g/mol. The summed E-state index contributed by atoms with van der Waals surface area (Å²) in [5.41, 5.74) is 4.38. The molecule has 3 nitrogen and oxygen atoms in total. The first-order valence-corrected chi connectivity index (χ1v) is 5.89. The second kappa shape index (κ2) is 4.70. The zero-order valence-electron chi connectivity index (χ0n) is 10.5. The number of hydrogen-bond donors (Lipinski definition) is 0. The number of hydrogen-bond acceptors (Lipinski definition) is 3. The van der Waals surface area contributed by atoms with Crippen LogP contribution in [0.1, 0.15) is 37.0 Å². The number of aryl methyl sites for hydroxylation is 1. The molecule has 0 saturated heterocycles. The Hall–Kier alpha value is -1.64. The van der Waals surface area contributed by atoms with Crippen molar-refractivity contribution >= 4 is 11.7 Å². The van der Waals surface area contributed by atoms with Crippen molar-refractivity contribution in [1.29, 1.82) is 0 Å². The minimum absolute atomic E-state index is 0.0676. The highest BCUT2D eigenvalue weighted by atomic mass is 16.5. The molecule has 0 unspecified atom stereocenters. The number of nitrogens with zero attached hydrogens (tertiary/aromatic N) is 1. The zero-order valence-corrected chi connectivity index (χ0v) is 10.5. The van der Waals surface area contributed by atoms with Crippen LogP contribution < -0.4 is 0 Å². The number of fused-ring (bicyclic) bond motifs is 1. The van der Waals surface area contributed by atoms with Crippen molar-refractivity contribution < 1.29 is 9.53 Å². The number of carbonyl (C=O) groups excluding carboxylic acids is 1. The Kier molecular flexibility index (Phi) is 3.27. The first-order valence-electron chi connectivity index (χ1n) is 5.89. The number of aliphatic imine (C=N–C) groups is 1. The molecule has 17 heavy (non-hydrogen) atoms. The quantitative estimate of drug-likeness (QED) is 0.750. The van der Waals surface area contributed by atoms with Crippen LogP contribution in [0, 0.1) is 6.92 Å². The number of benzene rings is 1. The lowest BCUT2D eigenvalue weighted by Gasteiger charge is -2.08. The second-order valence-electron chi connectivity index (χ2n) is 4.64. The summed E-state index contributed by atoms with van der Waals surface area (Å²) >= 11 is 0. The molecule has 0 radical (unpaired) electrons. The fourth-order valence-electron chi connectivity index (χ4n) is 1.99. The van der Waals surface area contributed by atoms with E-state index in [1.165, 1.54) is 11.1 Å². The number of carbonyl (C=O) groups is 1. The summed E-state index contributed by atoms with van der Waals surface area (Å²) in [7, 11) is 0. The van der Waals surface area contributed by atoms with Crippen LogP contribution in [-0.2, 0) is 16.1 Å². The normalized spacial score (nSPS) is 13.5. The average Bonchev–Trinajstić information content (AvgIpc) is 2.59. The molecule has 1 aliphatic rings. The monoisotopic (exact) mass is 231 g/mol. The van der Waals surface area contributed by atoms with Crippen LogP contribution in [0.25, 0.3) is 0 Å². The third kappa shape index (κ3) is 2.73. The summed E-state index contributed by atoms with van der Waals surface area (Å²) in [6.07, 6.45) is 0.204. The molecule has 0 atom stereocenters. The van der Waals surface area contributed by atoms with Crippen molar-refractivity contribution in [1.82, 2.24) is 0 Å². The molecule has 0 saturated carbocycles. The van der Waals surface area contributed by atoms with Gasteiger partial charge in [-0.1, -0.05) is 23.8 Å². The summed E-state index contributed by atoms with van der Waals surface area (Å²) in [5, 5.41) is 0.